The zero-order chi connectivity index (χ0) is 14.5. The highest BCUT2D eigenvalue weighted by Gasteiger charge is 2.20. The van der Waals surface area contributed by atoms with Gasteiger partial charge in [0, 0.05) is 32.8 Å². The highest BCUT2D eigenvalue weighted by Crippen LogP contribution is 2.29. The van der Waals surface area contributed by atoms with Gasteiger partial charge in [-0.05, 0) is 30.5 Å². The van der Waals surface area contributed by atoms with Gasteiger partial charge in [-0.2, -0.15) is 0 Å². The summed E-state index contributed by atoms with van der Waals surface area (Å²) in [4.78, 5) is 2.36. The molecule has 1 heterocycles. The lowest BCUT2D eigenvalue weighted by atomic mass is 10.1. The number of rotatable bonds is 5. The summed E-state index contributed by atoms with van der Waals surface area (Å²) in [6.45, 7) is 7.19. The normalized spacial score (nSPS) is 16.9. The van der Waals surface area contributed by atoms with E-state index in [1.165, 1.54) is 5.56 Å². The van der Waals surface area contributed by atoms with Gasteiger partial charge in [0.1, 0.15) is 0 Å². The van der Waals surface area contributed by atoms with Crippen molar-refractivity contribution in [2.75, 3.05) is 25.1 Å². The zero-order valence-corrected chi connectivity index (χ0v) is 13.4. The van der Waals surface area contributed by atoms with Crippen molar-refractivity contribution >= 4 is 17.3 Å². The largest absolute Gasteiger partial charge is 0.381 e. The maximum Gasteiger partial charge on any atom is 0.0642 e. The number of nitrogens with one attached hydrogen (secondary N) is 1. The highest BCUT2D eigenvalue weighted by atomic mass is 35.5. The van der Waals surface area contributed by atoms with E-state index >= 15 is 0 Å². The third-order valence-electron chi connectivity index (χ3n) is 3.84. The van der Waals surface area contributed by atoms with Crippen molar-refractivity contribution in [1.29, 1.82) is 0 Å². The number of ether oxygens (including phenoxy) is 1. The number of piperidine rings is 1. The Bertz CT molecular complexity index is 428. The minimum Gasteiger partial charge on any atom is -0.381 e. The van der Waals surface area contributed by atoms with E-state index in [1.54, 1.807) is 7.11 Å². The number of benzene rings is 1. The molecule has 0 radical (unpaired) electrons. The van der Waals surface area contributed by atoms with Crippen molar-refractivity contribution in [3.8, 4) is 0 Å². The van der Waals surface area contributed by atoms with Crippen molar-refractivity contribution in [3.63, 3.8) is 0 Å². The Morgan fingerprint density at radius 2 is 2.05 bits per heavy atom. The van der Waals surface area contributed by atoms with Gasteiger partial charge in [0.15, 0.2) is 0 Å². The second kappa shape index (κ2) is 7.30. The van der Waals surface area contributed by atoms with Crippen molar-refractivity contribution < 1.29 is 4.74 Å². The van der Waals surface area contributed by atoms with E-state index < -0.39 is 0 Å². The van der Waals surface area contributed by atoms with Crippen LogP contribution in [0.25, 0.3) is 0 Å². The molecule has 4 heteroatoms. The molecule has 1 N–H and O–H groups in total. The maximum atomic E-state index is 6.45. The quantitative estimate of drug-likeness (QED) is 0.901. The third-order valence-corrected chi connectivity index (χ3v) is 4.15. The van der Waals surface area contributed by atoms with Gasteiger partial charge in [0.2, 0.25) is 0 Å². The van der Waals surface area contributed by atoms with Gasteiger partial charge in [-0.1, -0.05) is 31.5 Å². The monoisotopic (exact) mass is 296 g/mol. The molecule has 0 atom stereocenters. The standard InChI is InChI=1S/C16H25ClN2O/c1-12(2)18-11-13-4-5-16(15(17)10-13)19-8-6-14(20-3)7-9-19/h4-5,10,12,14,18H,6-9,11H2,1-3H3. The molecule has 1 aromatic rings. The molecule has 0 bridgehead atoms. The molecule has 20 heavy (non-hydrogen) atoms. The Balaban J connectivity index is 1.99. The fraction of sp³-hybridized carbons (Fsp3) is 0.625. The molecule has 1 aliphatic rings. The van der Waals surface area contributed by atoms with E-state index in [1.807, 2.05) is 0 Å². The van der Waals surface area contributed by atoms with Crippen molar-refractivity contribution in [3.05, 3.63) is 28.8 Å². The molecule has 112 valence electrons. The van der Waals surface area contributed by atoms with E-state index in [0.717, 1.165) is 43.2 Å². The van der Waals surface area contributed by atoms with E-state index in [-0.39, 0.29) is 0 Å². The first kappa shape index (κ1) is 15.6. The first-order valence-electron chi connectivity index (χ1n) is 7.39. The van der Waals surface area contributed by atoms with Crippen molar-refractivity contribution in [2.45, 2.75) is 45.4 Å². The molecule has 0 unspecified atom stereocenters. The van der Waals surface area contributed by atoms with Crippen LogP contribution in [0.4, 0.5) is 5.69 Å². The SMILES string of the molecule is COC1CCN(c2ccc(CNC(C)C)cc2Cl)CC1. The van der Waals surface area contributed by atoms with Crippen LogP contribution >= 0.6 is 11.6 Å². The Morgan fingerprint density at radius 1 is 1.35 bits per heavy atom. The van der Waals surface area contributed by atoms with Crippen LogP contribution in [0, 0.1) is 0 Å². The minimum absolute atomic E-state index is 0.402. The van der Waals surface area contributed by atoms with Gasteiger partial charge in [-0.25, -0.2) is 0 Å². The fourth-order valence-electron chi connectivity index (χ4n) is 2.57. The molecule has 1 saturated heterocycles. The van der Waals surface area contributed by atoms with E-state index in [4.69, 9.17) is 16.3 Å². The predicted octanol–water partition coefficient (Wildman–Crippen LogP) is 3.45. The molecule has 3 nitrogen and oxygen atoms in total. The molecule has 0 spiro atoms. The number of anilines is 1. The van der Waals surface area contributed by atoms with Crippen LogP contribution < -0.4 is 10.2 Å². The predicted molar refractivity (Wildman–Crippen MR) is 85.7 cm³/mol. The van der Waals surface area contributed by atoms with Crippen LogP contribution in [0.5, 0.6) is 0 Å². The van der Waals surface area contributed by atoms with Crippen molar-refractivity contribution in [1.82, 2.24) is 5.32 Å². The maximum absolute atomic E-state index is 6.45. The van der Waals surface area contributed by atoms with Gasteiger partial charge >= 0.3 is 0 Å². The van der Waals surface area contributed by atoms with Gasteiger partial charge in [-0.15, -0.1) is 0 Å². The van der Waals surface area contributed by atoms with Crippen LogP contribution in [-0.2, 0) is 11.3 Å². The smallest absolute Gasteiger partial charge is 0.0642 e. The number of methoxy groups -OCH3 is 1. The summed E-state index contributed by atoms with van der Waals surface area (Å²) in [5, 5.41) is 4.26. The number of nitrogens with zero attached hydrogens (tertiary/aromatic N) is 1. The molecular weight excluding hydrogens is 272 g/mol. The lowest BCUT2D eigenvalue weighted by Crippen LogP contribution is -2.36. The van der Waals surface area contributed by atoms with Crippen LogP contribution in [0.1, 0.15) is 32.3 Å². The topological polar surface area (TPSA) is 24.5 Å². The second-order valence-electron chi connectivity index (χ2n) is 5.74. The van der Waals surface area contributed by atoms with E-state index in [9.17, 15) is 0 Å². The molecule has 1 aliphatic heterocycles. The molecule has 0 saturated carbocycles. The average molecular weight is 297 g/mol. The van der Waals surface area contributed by atoms with Crippen LogP contribution in [0.2, 0.25) is 5.02 Å². The summed E-state index contributed by atoms with van der Waals surface area (Å²) < 4.78 is 5.41. The first-order chi connectivity index (χ1) is 9.60. The lowest BCUT2D eigenvalue weighted by molar-refractivity contribution is 0.0819. The average Bonchev–Trinajstić information content (AvgIpc) is 2.45. The van der Waals surface area contributed by atoms with Gasteiger partial charge < -0.3 is 15.0 Å². The summed E-state index contributed by atoms with van der Waals surface area (Å²) in [6, 6.07) is 6.88. The van der Waals surface area contributed by atoms with Crippen LogP contribution in [0.3, 0.4) is 0 Å². The summed E-state index contributed by atoms with van der Waals surface area (Å²) in [5.74, 6) is 0. The zero-order valence-electron chi connectivity index (χ0n) is 12.7. The molecule has 0 aliphatic carbocycles. The first-order valence-corrected chi connectivity index (χ1v) is 7.77. The summed E-state index contributed by atoms with van der Waals surface area (Å²) >= 11 is 6.45. The minimum atomic E-state index is 0.402. The molecular formula is C16H25ClN2O. The summed E-state index contributed by atoms with van der Waals surface area (Å²) in [5.41, 5.74) is 2.38. The van der Waals surface area contributed by atoms with Gasteiger partial charge in [0.25, 0.3) is 0 Å². The second-order valence-corrected chi connectivity index (χ2v) is 6.15. The van der Waals surface area contributed by atoms with Crippen molar-refractivity contribution in [2.24, 2.45) is 0 Å². The van der Waals surface area contributed by atoms with Crippen LogP contribution in [0.15, 0.2) is 18.2 Å². The molecule has 2 rings (SSSR count). The third kappa shape index (κ3) is 4.11. The number of hydrogen-bond acceptors (Lipinski definition) is 3. The summed E-state index contributed by atoms with van der Waals surface area (Å²) in [6.07, 6.45) is 2.55. The Labute approximate surface area is 127 Å². The van der Waals surface area contributed by atoms with E-state index in [0.29, 0.717) is 12.1 Å². The Morgan fingerprint density at radius 3 is 2.60 bits per heavy atom. The number of hydrogen-bond donors (Lipinski definition) is 1. The highest BCUT2D eigenvalue weighted by molar-refractivity contribution is 6.33. The summed E-state index contributed by atoms with van der Waals surface area (Å²) in [7, 11) is 1.80. The Hall–Kier alpha value is -0.770. The van der Waals surface area contributed by atoms with E-state index in [2.05, 4.69) is 42.3 Å². The fourth-order valence-corrected chi connectivity index (χ4v) is 2.89. The molecule has 1 aromatic carbocycles. The number of halogens is 1. The molecule has 1 fully saturated rings. The van der Waals surface area contributed by atoms with Crippen LogP contribution in [-0.4, -0.2) is 32.3 Å². The molecule has 0 amide bonds. The molecule has 0 aromatic heterocycles. The van der Waals surface area contributed by atoms with Gasteiger partial charge in [0.05, 0.1) is 16.8 Å². The lowest BCUT2D eigenvalue weighted by Gasteiger charge is -2.33. The van der Waals surface area contributed by atoms with Gasteiger partial charge in [-0.3, -0.25) is 0 Å². The Kier molecular flexibility index (Phi) is 5.70.